The molecule has 37 heavy (non-hydrogen) atoms. The zero-order valence-electron chi connectivity index (χ0n) is 21.5. The number of rotatable bonds is 12. The largest absolute Gasteiger partial charge is 0.480 e. The van der Waals surface area contributed by atoms with Crippen LogP contribution in [0.1, 0.15) is 57.2 Å². The summed E-state index contributed by atoms with van der Waals surface area (Å²) in [5.41, 5.74) is 2.19. The molecule has 1 aromatic carbocycles. The fraction of sp³-hybridized carbons (Fsp3) is 0.440. The first-order valence-electron chi connectivity index (χ1n) is 11.7. The Balaban J connectivity index is 2.34. The first-order chi connectivity index (χ1) is 17.2. The molecule has 0 aliphatic heterocycles. The Morgan fingerprint density at radius 2 is 1.78 bits per heavy atom. The number of sulfonamides is 1. The summed E-state index contributed by atoms with van der Waals surface area (Å²) in [6, 6.07) is 4.61. The van der Waals surface area contributed by atoms with Crippen molar-refractivity contribution in [1.29, 1.82) is 0 Å². The van der Waals surface area contributed by atoms with Gasteiger partial charge in [0.15, 0.2) is 0 Å². The number of nitrogens with zero attached hydrogens (tertiary/aromatic N) is 3. The number of nitrogens with one attached hydrogen (secondary N) is 1. The topological polar surface area (TPSA) is 150 Å². The van der Waals surface area contributed by atoms with E-state index < -0.39 is 39.9 Å². The molecule has 3 N–H and O–H groups in total. The maximum atomic E-state index is 13.6. The van der Waals surface area contributed by atoms with E-state index in [0.717, 1.165) is 10.6 Å². The van der Waals surface area contributed by atoms with Gasteiger partial charge in [-0.2, -0.15) is 0 Å². The quantitative estimate of drug-likeness (QED) is 0.375. The Morgan fingerprint density at radius 1 is 1.16 bits per heavy atom. The second kappa shape index (κ2) is 12.7. The van der Waals surface area contributed by atoms with Gasteiger partial charge in [0.25, 0.3) is 0 Å². The average Bonchev–Trinajstić information content (AvgIpc) is 2.80. The van der Waals surface area contributed by atoms with E-state index in [1.165, 1.54) is 26.1 Å². The lowest BCUT2D eigenvalue weighted by Gasteiger charge is -2.20. The SMILES string of the molecule is CC(NC(=O)CC(O)CC/C=C/c1c(-c2ccc(F)cc2)nc(N(C)S(C)(=O)=O)nc1C(C)C)C(=O)O. The van der Waals surface area contributed by atoms with Gasteiger partial charge in [0.2, 0.25) is 21.9 Å². The minimum absolute atomic E-state index is 0.0142. The zero-order valence-corrected chi connectivity index (χ0v) is 22.3. The van der Waals surface area contributed by atoms with Crippen LogP contribution in [0.5, 0.6) is 0 Å². The van der Waals surface area contributed by atoms with Crippen LogP contribution in [0.2, 0.25) is 0 Å². The standard InChI is InChI=1S/C25H33FN4O6S/c1-15(2)22-20(9-7-6-8-19(31)14-21(32)27-16(3)24(33)34)23(17-10-12-18(26)13-11-17)29-25(28-22)30(4)37(5,35)36/h7,9-13,15-16,19,31H,6,8,14H2,1-5H3,(H,27,32)(H,33,34)/b9-7+. The molecular formula is C25H33FN4O6S. The zero-order chi connectivity index (χ0) is 27.9. The molecule has 12 heteroatoms. The Bertz CT molecular complexity index is 1250. The molecule has 0 aliphatic rings. The van der Waals surface area contributed by atoms with Crippen LogP contribution in [-0.2, 0) is 19.6 Å². The van der Waals surface area contributed by atoms with Crippen molar-refractivity contribution in [3.63, 3.8) is 0 Å². The van der Waals surface area contributed by atoms with Gasteiger partial charge in [-0.3, -0.25) is 9.59 Å². The number of carbonyl (C=O) groups excluding carboxylic acids is 1. The number of carbonyl (C=O) groups is 2. The van der Waals surface area contributed by atoms with Crippen LogP contribution in [0.3, 0.4) is 0 Å². The summed E-state index contributed by atoms with van der Waals surface area (Å²) < 4.78 is 38.8. The average molecular weight is 537 g/mol. The third kappa shape index (κ3) is 8.60. The van der Waals surface area contributed by atoms with Gasteiger partial charge >= 0.3 is 5.97 Å². The highest BCUT2D eigenvalue weighted by Crippen LogP contribution is 2.31. The van der Waals surface area contributed by atoms with Crippen LogP contribution in [0.25, 0.3) is 17.3 Å². The van der Waals surface area contributed by atoms with E-state index in [1.807, 2.05) is 13.8 Å². The van der Waals surface area contributed by atoms with E-state index in [1.54, 1.807) is 24.3 Å². The Hall–Kier alpha value is -3.38. The van der Waals surface area contributed by atoms with Crippen molar-refractivity contribution in [3.05, 3.63) is 47.4 Å². The molecule has 0 saturated heterocycles. The number of halogens is 1. The smallest absolute Gasteiger partial charge is 0.325 e. The highest BCUT2D eigenvalue weighted by Gasteiger charge is 2.22. The molecule has 0 fully saturated rings. The monoisotopic (exact) mass is 536 g/mol. The van der Waals surface area contributed by atoms with E-state index in [2.05, 4.69) is 15.3 Å². The van der Waals surface area contributed by atoms with E-state index >= 15 is 0 Å². The van der Waals surface area contributed by atoms with Crippen LogP contribution < -0.4 is 9.62 Å². The number of hydrogen-bond donors (Lipinski definition) is 3. The molecule has 0 spiro atoms. The lowest BCUT2D eigenvalue weighted by molar-refractivity contribution is -0.141. The summed E-state index contributed by atoms with van der Waals surface area (Å²) in [4.78, 5) is 31.7. The van der Waals surface area contributed by atoms with Crippen molar-refractivity contribution in [2.75, 3.05) is 17.6 Å². The summed E-state index contributed by atoms with van der Waals surface area (Å²) in [7, 11) is -2.28. The highest BCUT2D eigenvalue weighted by atomic mass is 32.2. The first-order valence-corrected chi connectivity index (χ1v) is 13.5. The van der Waals surface area contributed by atoms with Crippen molar-refractivity contribution in [3.8, 4) is 11.3 Å². The fourth-order valence-corrected chi connectivity index (χ4v) is 3.74. The molecule has 0 saturated carbocycles. The minimum Gasteiger partial charge on any atom is -0.480 e. The molecule has 1 aromatic heterocycles. The van der Waals surface area contributed by atoms with Gasteiger partial charge in [0.1, 0.15) is 11.9 Å². The predicted molar refractivity (Wildman–Crippen MR) is 139 cm³/mol. The third-order valence-corrected chi connectivity index (χ3v) is 6.69. The van der Waals surface area contributed by atoms with Gasteiger partial charge in [-0.1, -0.05) is 26.0 Å². The number of hydrogen-bond acceptors (Lipinski definition) is 7. The van der Waals surface area contributed by atoms with Crippen molar-refractivity contribution < 1.29 is 32.6 Å². The second-order valence-corrected chi connectivity index (χ2v) is 11.0. The van der Waals surface area contributed by atoms with Gasteiger partial charge in [-0.25, -0.2) is 27.1 Å². The predicted octanol–water partition coefficient (Wildman–Crippen LogP) is 2.94. The highest BCUT2D eigenvalue weighted by molar-refractivity contribution is 7.92. The molecule has 0 bridgehead atoms. The number of allylic oxidation sites excluding steroid dienone is 1. The lowest BCUT2D eigenvalue weighted by atomic mass is 9.97. The molecule has 0 radical (unpaired) electrons. The molecule has 10 nitrogen and oxygen atoms in total. The molecule has 2 atom stereocenters. The summed E-state index contributed by atoms with van der Waals surface area (Å²) >= 11 is 0. The lowest BCUT2D eigenvalue weighted by Crippen LogP contribution is -2.39. The number of anilines is 1. The van der Waals surface area contributed by atoms with E-state index in [9.17, 15) is 27.5 Å². The number of aliphatic hydroxyl groups is 1. The molecule has 2 rings (SSSR count). The van der Waals surface area contributed by atoms with Crippen LogP contribution in [0, 0.1) is 5.82 Å². The maximum Gasteiger partial charge on any atom is 0.325 e. The second-order valence-electron chi connectivity index (χ2n) is 9.03. The summed E-state index contributed by atoms with van der Waals surface area (Å²) in [5, 5.41) is 21.3. The number of benzene rings is 1. The number of carboxylic acids is 1. The van der Waals surface area contributed by atoms with Gasteiger partial charge in [0.05, 0.1) is 30.2 Å². The number of carboxylic acid groups (broad SMARTS) is 1. The van der Waals surface area contributed by atoms with Gasteiger partial charge in [-0.05, 0) is 49.9 Å². The Kier molecular flexibility index (Phi) is 10.3. The van der Waals surface area contributed by atoms with E-state index in [0.29, 0.717) is 28.9 Å². The van der Waals surface area contributed by atoms with Gasteiger partial charge in [0, 0.05) is 18.2 Å². The molecular weight excluding hydrogens is 503 g/mol. The van der Waals surface area contributed by atoms with Crippen molar-refractivity contribution in [2.24, 2.45) is 0 Å². The van der Waals surface area contributed by atoms with Crippen LogP contribution >= 0.6 is 0 Å². The fourth-order valence-electron chi connectivity index (χ4n) is 3.36. The van der Waals surface area contributed by atoms with Crippen molar-refractivity contribution in [1.82, 2.24) is 15.3 Å². The number of aromatic nitrogens is 2. The van der Waals surface area contributed by atoms with Crippen LogP contribution in [0.15, 0.2) is 30.3 Å². The first kappa shape index (κ1) is 29.8. The van der Waals surface area contributed by atoms with E-state index in [4.69, 9.17) is 5.11 Å². The third-order valence-electron chi connectivity index (χ3n) is 5.53. The van der Waals surface area contributed by atoms with E-state index in [-0.39, 0.29) is 24.7 Å². The Labute approximate surface area is 216 Å². The number of aliphatic hydroxyl groups excluding tert-OH is 1. The maximum absolute atomic E-state index is 13.6. The molecule has 1 heterocycles. The van der Waals surface area contributed by atoms with Gasteiger partial charge in [-0.15, -0.1) is 0 Å². The summed E-state index contributed by atoms with van der Waals surface area (Å²) in [5.74, 6) is -2.28. The summed E-state index contributed by atoms with van der Waals surface area (Å²) in [6.07, 6.45) is 3.99. The molecule has 1 amide bonds. The number of amides is 1. The van der Waals surface area contributed by atoms with Crippen LogP contribution in [-0.4, -0.2) is 65.9 Å². The molecule has 0 aliphatic carbocycles. The van der Waals surface area contributed by atoms with Crippen molar-refractivity contribution in [2.45, 2.75) is 58.1 Å². The molecule has 2 aromatic rings. The minimum atomic E-state index is -3.63. The van der Waals surface area contributed by atoms with Gasteiger partial charge < -0.3 is 15.5 Å². The van der Waals surface area contributed by atoms with Crippen molar-refractivity contribution >= 4 is 33.9 Å². The Morgan fingerprint density at radius 3 is 2.32 bits per heavy atom. The number of aliphatic carboxylic acids is 1. The normalized spacial score (nSPS) is 13.5. The molecule has 2 unspecified atom stereocenters. The summed E-state index contributed by atoms with van der Waals surface area (Å²) in [6.45, 7) is 5.14. The van der Waals surface area contributed by atoms with Crippen LogP contribution in [0.4, 0.5) is 10.3 Å². The molecule has 202 valence electrons.